The zero-order valence-corrected chi connectivity index (χ0v) is 32.1. The third-order valence-electron chi connectivity index (χ3n) is 9.42. The average Bonchev–Trinajstić information content (AvgIpc) is 3.87. The van der Waals surface area contributed by atoms with Crippen LogP contribution in [0.25, 0.3) is 22.3 Å². The number of hydrogen-bond acceptors (Lipinski definition) is 10. The molecule has 0 radical (unpaired) electrons. The maximum Gasteiger partial charge on any atom is 0.408 e. The number of fused-ring (bicyclic) bond motifs is 2. The Balaban J connectivity index is 0.000000233. The first-order valence-electron chi connectivity index (χ1n) is 18.4. The molecule has 2 amide bonds. The number of esters is 2. The number of ether oxygens (including phenoxy) is 3. The first-order valence-corrected chi connectivity index (χ1v) is 18.4. The summed E-state index contributed by atoms with van der Waals surface area (Å²) in [6.45, 7) is 6.54. The van der Waals surface area contributed by atoms with Gasteiger partial charge in [-0.15, -0.1) is 0 Å². The molecule has 56 heavy (non-hydrogen) atoms. The van der Waals surface area contributed by atoms with E-state index >= 15 is 0 Å². The van der Waals surface area contributed by atoms with Gasteiger partial charge in [-0.2, -0.15) is 0 Å². The fraction of sp³-hybridized carbons (Fsp3) is 0.273. The third-order valence-corrected chi connectivity index (χ3v) is 9.42. The van der Waals surface area contributed by atoms with E-state index in [0.29, 0.717) is 36.2 Å². The Kier molecular flexibility index (Phi) is 12.1. The van der Waals surface area contributed by atoms with Crippen LogP contribution in [-0.2, 0) is 38.3 Å². The molecule has 7 rings (SSSR count). The Morgan fingerprint density at radius 3 is 1.89 bits per heavy atom. The quantitative estimate of drug-likeness (QED) is 0.125. The van der Waals surface area contributed by atoms with Crippen LogP contribution < -0.4 is 15.5 Å². The Bertz CT molecular complexity index is 2210. The van der Waals surface area contributed by atoms with Gasteiger partial charge in [0.1, 0.15) is 11.6 Å². The number of carbonyl (C=O) groups excluding carboxylic acids is 4. The Morgan fingerprint density at radius 1 is 0.750 bits per heavy atom. The minimum atomic E-state index is -0.866. The second-order valence-corrected chi connectivity index (χ2v) is 14.3. The van der Waals surface area contributed by atoms with Crippen LogP contribution in [0.5, 0.6) is 0 Å². The molecule has 3 aromatic carbocycles. The highest BCUT2D eigenvalue weighted by atomic mass is 16.6. The number of hydrogen-bond donors (Lipinski definition) is 2. The molecule has 0 aliphatic carbocycles. The van der Waals surface area contributed by atoms with Crippen molar-refractivity contribution in [1.82, 2.24) is 15.3 Å². The summed E-state index contributed by atoms with van der Waals surface area (Å²) in [5.74, 6) is -1.03. The number of nitrogens with zero attached hydrogens (tertiary/aromatic N) is 3. The Labute approximate surface area is 326 Å². The normalized spacial score (nSPS) is 13.2. The summed E-state index contributed by atoms with van der Waals surface area (Å²) < 4.78 is 15.4. The predicted octanol–water partition coefficient (Wildman–Crippen LogP) is 7.06. The average molecular weight is 756 g/mol. The van der Waals surface area contributed by atoms with Gasteiger partial charge in [-0.05, 0) is 121 Å². The summed E-state index contributed by atoms with van der Waals surface area (Å²) in [6, 6.07) is 23.8. The van der Waals surface area contributed by atoms with E-state index in [4.69, 9.17) is 14.2 Å². The summed E-state index contributed by atoms with van der Waals surface area (Å²) in [6.07, 6.45) is 7.80. The van der Waals surface area contributed by atoms with Crippen molar-refractivity contribution in [3.05, 3.63) is 131 Å². The number of alkyl carbamates (subject to hydrolysis) is 1. The molecule has 2 N–H and O–H groups in total. The molecule has 0 spiro atoms. The van der Waals surface area contributed by atoms with Crippen molar-refractivity contribution < 1.29 is 33.4 Å². The maximum absolute atomic E-state index is 13.9. The number of pyridine rings is 2. The molecule has 1 atom stereocenters. The smallest absolute Gasteiger partial charge is 0.408 e. The Hall–Kier alpha value is -6.56. The molecule has 5 aromatic rings. The van der Waals surface area contributed by atoms with E-state index in [0.717, 1.165) is 57.6 Å². The molecular weight excluding hydrogens is 711 g/mol. The number of benzene rings is 3. The van der Waals surface area contributed by atoms with E-state index in [2.05, 4.69) is 26.7 Å². The van der Waals surface area contributed by atoms with Gasteiger partial charge < -0.3 is 29.7 Å². The van der Waals surface area contributed by atoms with Gasteiger partial charge in [0.05, 0.1) is 25.3 Å². The molecule has 0 saturated heterocycles. The van der Waals surface area contributed by atoms with Crippen LogP contribution in [0, 0.1) is 0 Å². The van der Waals surface area contributed by atoms with Crippen LogP contribution in [0.1, 0.15) is 58.2 Å². The van der Waals surface area contributed by atoms with Gasteiger partial charge in [0.25, 0.3) is 0 Å². The fourth-order valence-electron chi connectivity index (χ4n) is 6.85. The van der Waals surface area contributed by atoms with Crippen LogP contribution in [0.15, 0.2) is 104 Å². The van der Waals surface area contributed by atoms with Crippen molar-refractivity contribution in [2.45, 2.75) is 51.7 Å². The standard InChI is InChI=1S/C29H31N3O5.C15H14N2O2/c1-29(2,3)37-28(35)31-24(16-19-8-6-5-7-9-19)26(33)32-15-12-22-23(27(34)36-4)17-21(18-25(22)32)20-10-13-30-14-11-20;1-19-15(18)13-8-11(10-2-5-16-6-3-10)9-14-12(13)4-7-17-14/h5-11,13-14,17-18,24H,12,15-16H2,1-4H3,(H,31,35);2-3,5-6,8-9,17H,4,7H2,1H3/t24-;/m0./s1. The molecule has 2 aliphatic rings. The van der Waals surface area contributed by atoms with Crippen molar-refractivity contribution in [3.8, 4) is 22.3 Å². The van der Waals surface area contributed by atoms with Crippen molar-refractivity contribution >= 4 is 35.3 Å². The maximum atomic E-state index is 13.9. The van der Waals surface area contributed by atoms with Gasteiger partial charge in [0.15, 0.2) is 0 Å². The van der Waals surface area contributed by atoms with Crippen LogP contribution >= 0.6 is 0 Å². The number of anilines is 2. The largest absolute Gasteiger partial charge is 0.465 e. The van der Waals surface area contributed by atoms with E-state index < -0.39 is 23.7 Å². The molecule has 2 aliphatic heterocycles. The molecule has 2 aromatic heterocycles. The van der Waals surface area contributed by atoms with Crippen LogP contribution in [0.2, 0.25) is 0 Å². The van der Waals surface area contributed by atoms with E-state index in [1.807, 2.05) is 66.7 Å². The minimum Gasteiger partial charge on any atom is -0.465 e. The number of carbonyl (C=O) groups is 4. The summed E-state index contributed by atoms with van der Waals surface area (Å²) in [5.41, 5.74) is 8.36. The van der Waals surface area contributed by atoms with Crippen molar-refractivity contribution in [2.75, 3.05) is 37.5 Å². The highest BCUT2D eigenvalue weighted by molar-refractivity contribution is 6.04. The topological polar surface area (TPSA) is 149 Å². The fourth-order valence-corrected chi connectivity index (χ4v) is 6.85. The van der Waals surface area contributed by atoms with E-state index in [1.54, 1.807) is 56.5 Å². The van der Waals surface area contributed by atoms with Crippen molar-refractivity contribution in [1.29, 1.82) is 0 Å². The van der Waals surface area contributed by atoms with Gasteiger partial charge in [-0.3, -0.25) is 14.8 Å². The van der Waals surface area contributed by atoms with Gasteiger partial charge in [0, 0.05) is 55.7 Å². The van der Waals surface area contributed by atoms with Crippen molar-refractivity contribution in [3.63, 3.8) is 0 Å². The van der Waals surface area contributed by atoms with E-state index in [9.17, 15) is 19.2 Å². The predicted molar refractivity (Wildman–Crippen MR) is 214 cm³/mol. The van der Waals surface area contributed by atoms with E-state index in [1.165, 1.54) is 14.2 Å². The Morgan fingerprint density at radius 2 is 1.32 bits per heavy atom. The minimum absolute atomic E-state index is 0.281. The number of rotatable bonds is 8. The summed E-state index contributed by atoms with van der Waals surface area (Å²) in [5, 5.41) is 6.08. The molecule has 4 heterocycles. The summed E-state index contributed by atoms with van der Waals surface area (Å²) >= 11 is 0. The lowest BCUT2D eigenvalue weighted by Gasteiger charge is -2.27. The molecule has 0 saturated carbocycles. The van der Waals surface area contributed by atoms with E-state index in [-0.39, 0.29) is 11.9 Å². The lowest BCUT2D eigenvalue weighted by molar-refractivity contribution is -0.120. The molecule has 12 heteroatoms. The molecule has 12 nitrogen and oxygen atoms in total. The first-order chi connectivity index (χ1) is 27.0. The first kappa shape index (κ1) is 39.1. The van der Waals surface area contributed by atoms with Crippen molar-refractivity contribution in [2.24, 2.45) is 0 Å². The zero-order valence-electron chi connectivity index (χ0n) is 32.1. The lowest BCUT2D eigenvalue weighted by Crippen LogP contribution is -2.50. The van der Waals surface area contributed by atoms with Crippen LogP contribution in [0.3, 0.4) is 0 Å². The van der Waals surface area contributed by atoms with Gasteiger partial charge in [-0.25, -0.2) is 14.4 Å². The monoisotopic (exact) mass is 755 g/mol. The molecule has 0 fully saturated rings. The molecule has 0 unspecified atom stereocenters. The highest BCUT2D eigenvalue weighted by Gasteiger charge is 2.35. The lowest BCUT2D eigenvalue weighted by atomic mass is 9.97. The molecular formula is C44H45N5O7. The number of amides is 2. The number of methoxy groups -OCH3 is 2. The SMILES string of the molecule is COC(=O)c1cc(-c2ccncc2)cc2c1CCN2.COC(=O)c1cc(-c2ccncc2)cc2c1CCN2C(=O)[C@H](Cc1ccccc1)NC(=O)OC(C)(C)C. The molecule has 0 bridgehead atoms. The summed E-state index contributed by atoms with van der Waals surface area (Å²) in [4.78, 5) is 60.9. The second-order valence-electron chi connectivity index (χ2n) is 14.3. The molecule has 288 valence electrons. The highest BCUT2D eigenvalue weighted by Crippen LogP contribution is 2.37. The van der Waals surface area contributed by atoms with Gasteiger partial charge in [0.2, 0.25) is 5.91 Å². The second kappa shape index (κ2) is 17.3. The zero-order chi connectivity index (χ0) is 39.8. The summed E-state index contributed by atoms with van der Waals surface area (Å²) in [7, 11) is 2.75. The van der Waals surface area contributed by atoms with Gasteiger partial charge >= 0.3 is 18.0 Å². The van der Waals surface area contributed by atoms with Gasteiger partial charge in [-0.1, -0.05) is 30.3 Å². The van der Waals surface area contributed by atoms with Crippen LogP contribution in [0.4, 0.5) is 16.2 Å². The number of aromatic nitrogens is 2. The van der Waals surface area contributed by atoms with Crippen LogP contribution in [-0.4, -0.2) is 72.9 Å². The number of nitrogens with one attached hydrogen (secondary N) is 2. The third kappa shape index (κ3) is 9.20.